The Morgan fingerprint density at radius 3 is 1.78 bits per heavy atom. The van der Waals surface area contributed by atoms with Crippen molar-refractivity contribution in [2.75, 3.05) is 0 Å². The van der Waals surface area contributed by atoms with E-state index in [0.29, 0.717) is 24.0 Å². The third-order valence-corrected chi connectivity index (χ3v) is 9.02. The predicted molar refractivity (Wildman–Crippen MR) is 133 cm³/mol. The summed E-state index contributed by atoms with van der Waals surface area (Å²) in [5.41, 5.74) is 5.37. The van der Waals surface area contributed by atoms with E-state index in [2.05, 4.69) is 20.8 Å². The van der Waals surface area contributed by atoms with Gasteiger partial charge in [0.15, 0.2) is 13.6 Å². The maximum absolute atomic E-state index is 14.0. The molecule has 0 spiro atoms. The van der Waals surface area contributed by atoms with E-state index < -0.39 is 13.0 Å². The number of carbonyl (C=O) groups excluding carboxylic acids is 2. The Morgan fingerprint density at radius 2 is 1.31 bits per heavy atom. The number of benzene rings is 2. The highest BCUT2D eigenvalue weighted by molar-refractivity contribution is 7.67. The highest BCUT2D eigenvalue weighted by Crippen LogP contribution is 2.53. The van der Waals surface area contributed by atoms with Crippen molar-refractivity contribution in [2.45, 2.75) is 91.1 Å². The van der Waals surface area contributed by atoms with Crippen LogP contribution < -0.4 is 0 Å². The molecule has 0 aliphatic heterocycles. The van der Waals surface area contributed by atoms with Gasteiger partial charge >= 0.3 is 0 Å². The first-order chi connectivity index (χ1) is 14.9. The molecule has 1 fully saturated rings. The van der Waals surface area contributed by atoms with Gasteiger partial charge < -0.3 is 0 Å². The summed E-state index contributed by atoms with van der Waals surface area (Å²) in [5, 5.41) is -1.11. The molecule has 3 nitrogen and oxygen atoms in total. The second-order valence-electron chi connectivity index (χ2n) is 10.5. The fourth-order valence-electron chi connectivity index (χ4n) is 5.09. The molecule has 4 heteroatoms. The fourth-order valence-corrected chi connectivity index (χ4v) is 7.06. The number of carbonyl (C=O) groups is 2. The smallest absolute Gasteiger partial charge is 0.243 e. The molecule has 0 amide bonds. The van der Waals surface area contributed by atoms with Crippen LogP contribution in [0.25, 0.3) is 0 Å². The monoisotopic (exact) mass is 451 g/mol. The molecule has 0 N–H and O–H groups in total. The van der Waals surface area contributed by atoms with Gasteiger partial charge in [-0.25, -0.2) is 0 Å². The SMILES string of the molecule is Cc1cc(C(C)(C)C)cc(C)c1C(=O)[P](=O)C1(C(=O)c2c(C)cccc2C)CCCCC1. The summed E-state index contributed by atoms with van der Waals surface area (Å²) in [7, 11) is -2.42. The molecule has 1 aliphatic carbocycles. The van der Waals surface area contributed by atoms with E-state index in [9.17, 15) is 14.2 Å². The molecule has 1 radical (unpaired) electrons. The molecule has 2 aromatic carbocycles. The van der Waals surface area contributed by atoms with Crippen LogP contribution in [-0.2, 0) is 9.98 Å². The maximum Gasteiger partial charge on any atom is 0.243 e. The Morgan fingerprint density at radius 1 is 0.812 bits per heavy atom. The summed E-state index contributed by atoms with van der Waals surface area (Å²) < 4.78 is 14.0. The first-order valence-corrected chi connectivity index (χ1v) is 12.9. The van der Waals surface area contributed by atoms with Crippen LogP contribution in [-0.4, -0.2) is 16.5 Å². The second-order valence-corrected chi connectivity index (χ2v) is 12.4. The largest absolute Gasteiger partial charge is 0.293 e. The highest BCUT2D eigenvalue weighted by atomic mass is 31.1. The van der Waals surface area contributed by atoms with Crippen molar-refractivity contribution in [3.63, 3.8) is 0 Å². The third-order valence-electron chi connectivity index (χ3n) is 7.00. The average Bonchev–Trinajstić information content (AvgIpc) is 2.72. The predicted octanol–water partition coefficient (Wildman–Crippen LogP) is 7.77. The van der Waals surface area contributed by atoms with Crippen molar-refractivity contribution in [3.8, 4) is 0 Å². The molecule has 0 saturated heterocycles. The lowest BCUT2D eigenvalue weighted by Crippen LogP contribution is -2.39. The zero-order valence-electron chi connectivity index (χ0n) is 20.6. The van der Waals surface area contributed by atoms with E-state index in [4.69, 9.17) is 0 Å². The van der Waals surface area contributed by atoms with Crippen molar-refractivity contribution in [1.82, 2.24) is 0 Å². The molecule has 0 heterocycles. The number of Topliss-reactive ketones (excluding diaryl/α,β-unsaturated/α-hetero) is 1. The Hall–Kier alpha value is -2.12. The van der Waals surface area contributed by atoms with Crippen LogP contribution in [0.1, 0.15) is 101 Å². The van der Waals surface area contributed by atoms with Gasteiger partial charge in [0.25, 0.3) is 0 Å². The zero-order chi connectivity index (χ0) is 23.8. The molecule has 32 heavy (non-hydrogen) atoms. The number of ketones is 1. The van der Waals surface area contributed by atoms with Gasteiger partial charge in [-0.3, -0.25) is 14.2 Å². The van der Waals surface area contributed by atoms with Gasteiger partial charge in [-0.2, -0.15) is 0 Å². The van der Waals surface area contributed by atoms with Gasteiger partial charge in [0.1, 0.15) is 5.16 Å². The lowest BCUT2D eigenvalue weighted by molar-refractivity contribution is 0.0902. The van der Waals surface area contributed by atoms with Gasteiger partial charge in [0, 0.05) is 11.1 Å². The quantitative estimate of drug-likeness (QED) is 0.345. The zero-order valence-corrected chi connectivity index (χ0v) is 21.5. The molecular weight excluding hydrogens is 415 g/mol. The molecule has 1 unspecified atom stereocenters. The van der Waals surface area contributed by atoms with Crippen molar-refractivity contribution in [2.24, 2.45) is 0 Å². The van der Waals surface area contributed by atoms with Gasteiger partial charge in [-0.05, 0) is 73.8 Å². The van der Waals surface area contributed by atoms with Crippen LogP contribution in [0.4, 0.5) is 0 Å². The summed E-state index contributed by atoms with van der Waals surface area (Å²) in [6.07, 6.45) is 3.69. The number of hydrogen-bond acceptors (Lipinski definition) is 3. The summed E-state index contributed by atoms with van der Waals surface area (Å²) in [6.45, 7) is 14.1. The van der Waals surface area contributed by atoms with Crippen LogP contribution in [0.3, 0.4) is 0 Å². The van der Waals surface area contributed by atoms with E-state index in [0.717, 1.165) is 47.1 Å². The highest BCUT2D eigenvalue weighted by Gasteiger charge is 2.49. The minimum absolute atomic E-state index is 0.0395. The van der Waals surface area contributed by atoms with Crippen LogP contribution in [0.5, 0.6) is 0 Å². The van der Waals surface area contributed by atoms with Crippen LogP contribution >= 0.6 is 7.80 Å². The standard InChI is InChI=1S/C28H36O3P/c1-18-12-11-13-19(2)23(18)25(29)28(14-9-8-10-15-28)32(31)26(30)24-20(3)16-22(17-21(24)4)27(5,6)7/h11-13,16-17H,8-10,14-15H2,1-7H3. The number of rotatable bonds is 5. The molecule has 2 aromatic rings. The van der Waals surface area contributed by atoms with Gasteiger partial charge in [0.05, 0.1) is 0 Å². The maximum atomic E-state index is 14.0. The summed E-state index contributed by atoms with van der Waals surface area (Å²) >= 11 is 0. The van der Waals surface area contributed by atoms with E-state index in [1.807, 2.05) is 58.0 Å². The van der Waals surface area contributed by atoms with Crippen molar-refractivity contribution < 1.29 is 14.2 Å². The van der Waals surface area contributed by atoms with Crippen molar-refractivity contribution >= 4 is 19.1 Å². The topological polar surface area (TPSA) is 51.2 Å². The summed E-state index contributed by atoms with van der Waals surface area (Å²) in [5.74, 6) is -0.108. The lowest BCUT2D eigenvalue weighted by Gasteiger charge is -2.35. The Balaban J connectivity index is 2.10. The second kappa shape index (κ2) is 9.02. The molecule has 1 atom stereocenters. The van der Waals surface area contributed by atoms with Gasteiger partial charge in [-0.15, -0.1) is 0 Å². The lowest BCUT2D eigenvalue weighted by atomic mass is 9.80. The third kappa shape index (κ3) is 4.37. The summed E-state index contributed by atoms with van der Waals surface area (Å²) in [4.78, 5) is 27.7. The van der Waals surface area contributed by atoms with Crippen molar-refractivity contribution in [1.29, 1.82) is 0 Å². The Kier molecular flexibility index (Phi) is 6.91. The van der Waals surface area contributed by atoms with Gasteiger partial charge in [-0.1, -0.05) is 70.4 Å². The minimum atomic E-state index is -2.42. The van der Waals surface area contributed by atoms with Crippen LogP contribution in [0.15, 0.2) is 30.3 Å². The fraction of sp³-hybridized carbons (Fsp3) is 0.500. The number of aryl methyl sites for hydroxylation is 4. The Labute approximate surface area is 193 Å². The molecule has 1 saturated carbocycles. The van der Waals surface area contributed by atoms with Gasteiger partial charge in [0.2, 0.25) is 5.52 Å². The molecule has 1 aliphatic rings. The van der Waals surface area contributed by atoms with E-state index in [1.54, 1.807) is 0 Å². The van der Waals surface area contributed by atoms with E-state index in [-0.39, 0.29) is 16.7 Å². The van der Waals surface area contributed by atoms with E-state index >= 15 is 0 Å². The van der Waals surface area contributed by atoms with Crippen LogP contribution in [0.2, 0.25) is 0 Å². The molecular formula is C28H36O3P. The molecule has 171 valence electrons. The van der Waals surface area contributed by atoms with E-state index in [1.165, 1.54) is 0 Å². The first-order valence-electron chi connectivity index (χ1n) is 11.6. The molecule has 0 aromatic heterocycles. The Bertz CT molecular complexity index is 1040. The molecule has 3 rings (SSSR count). The average molecular weight is 452 g/mol. The normalized spacial score (nSPS) is 16.5. The van der Waals surface area contributed by atoms with Crippen molar-refractivity contribution in [3.05, 3.63) is 69.3 Å². The van der Waals surface area contributed by atoms with Crippen LogP contribution in [0, 0.1) is 27.7 Å². The summed E-state index contributed by atoms with van der Waals surface area (Å²) in [6, 6.07) is 9.84. The first kappa shape index (κ1) is 24.5. The molecule has 0 bridgehead atoms. The number of hydrogen-bond donors (Lipinski definition) is 0. The minimum Gasteiger partial charge on any atom is -0.293 e.